The molecule has 1 aromatic carbocycles. The van der Waals surface area contributed by atoms with E-state index in [2.05, 4.69) is 15.9 Å². The van der Waals surface area contributed by atoms with E-state index >= 15 is 0 Å². The Morgan fingerprint density at radius 3 is 2.59 bits per heavy atom. The van der Waals surface area contributed by atoms with Gasteiger partial charge in [-0.2, -0.15) is 0 Å². The van der Waals surface area contributed by atoms with Crippen LogP contribution in [0.1, 0.15) is 22.1 Å². The molecule has 17 heavy (non-hydrogen) atoms. The molecule has 1 heterocycles. The normalized spacial score (nSPS) is 12.8. The van der Waals surface area contributed by atoms with Gasteiger partial charge in [0, 0.05) is 10.4 Å². The second-order valence-electron chi connectivity index (χ2n) is 3.66. The third kappa shape index (κ3) is 2.41. The molecule has 90 valence electrons. The predicted octanol–water partition coefficient (Wildman–Crippen LogP) is 4.18. The van der Waals surface area contributed by atoms with Gasteiger partial charge in [0.2, 0.25) is 0 Å². The summed E-state index contributed by atoms with van der Waals surface area (Å²) >= 11 is 4.22. The number of aliphatic hydroxyl groups is 1. The Bertz CT molecular complexity index is 553. The van der Waals surface area contributed by atoms with Crippen LogP contribution in [0.15, 0.2) is 28.1 Å². The van der Waals surface area contributed by atoms with Crippen LogP contribution in [0.25, 0.3) is 0 Å². The summed E-state index contributed by atoms with van der Waals surface area (Å²) in [6.45, 7) is 1.82. The molecule has 1 unspecified atom stereocenters. The van der Waals surface area contributed by atoms with E-state index in [4.69, 9.17) is 0 Å². The lowest BCUT2D eigenvalue weighted by molar-refractivity contribution is 0.217. The minimum Gasteiger partial charge on any atom is -0.383 e. The topological polar surface area (TPSA) is 20.2 Å². The van der Waals surface area contributed by atoms with Gasteiger partial charge < -0.3 is 5.11 Å². The second kappa shape index (κ2) is 4.84. The van der Waals surface area contributed by atoms with Crippen LogP contribution in [0.5, 0.6) is 0 Å². The Balaban J connectivity index is 2.48. The van der Waals surface area contributed by atoms with Crippen LogP contribution in [0, 0.1) is 18.6 Å². The van der Waals surface area contributed by atoms with Crippen molar-refractivity contribution in [3.8, 4) is 0 Å². The van der Waals surface area contributed by atoms with Gasteiger partial charge in [0.15, 0.2) is 0 Å². The van der Waals surface area contributed by atoms with Gasteiger partial charge in [0.05, 0.1) is 4.47 Å². The summed E-state index contributed by atoms with van der Waals surface area (Å²) in [6.07, 6.45) is -1.13. The lowest BCUT2D eigenvalue weighted by atomic mass is 10.1. The van der Waals surface area contributed by atoms with E-state index in [0.29, 0.717) is 4.88 Å². The Kier molecular flexibility index (Phi) is 3.61. The Morgan fingerprint density at radius 2 is 2.00 bits per heavy atom. The molecule has 1 atom stereocenters. The molecule has 0 saturated heterocycles. The fraction of sp³-hybridized carbons (Fsp3) is 0.167. The third-order valence-corrected chi connectivity index (χ3v) is 4.16. The van der Waals surface area contributed by atoms with Crippen molar-refractivity contribution in [2.45, 2.75) is 13.0 Å². The van der Waals surface area contributed by atoms with Crippen molar-refractivity contribution in [2.75, 3.05) is 0 Å². The van der Waals surface area contributed by atoms with Gasteiger partial charge in [-0.3, -0.25) is 0 Å². The predicted molar refractivity (Wildman–Crippen MR) is 67.2 cm³/mol. The van der Waals surface area contributed by atoms with Gasteiger partial charge in [0.25, 0.3) is 0 Å². The molecule has 0 radical (unpaired) electrons. The number of hydrogen-bond acceptors (Lipinski definition) is 2. The summed E-state index contributed by atoms with van der Waals surface area (Å²) in [4.78, 5) is 0.630. The molecule has 5 heteroatoms. The number of thiophene rings is 1. The van der Waals surface area contributed by atoms with Crippen LogP contribution in [0.4, 0.5) is 8.78 Å². The highest BCUT2D eigenvalue weighted by atomic mass is 79.9. The van der Waals surface area contributed by atoms with Crippen molar-refractivity contribution in [2.24, 2.45) is 0 Å². The molecule has 1 N–H and O–H groups in total. The van der Waals surface area contributed by atoms with Crippen molar-refractivity contribution in [1.82, 2.24) is 0 Å². The molecule has 0 fully saturated rings. The minimum atomic E-state index is -1.13. The first-order valence-corrected chi connectivity index (χ1v) is 6.54. The highest BCUT2D eigenvalue weighted by Crippen LogP contribution is 2.32. The minimum absolute atomic E-state index is 0.0451. The fourth-order valence-electron chi connectivity index (χ4n) is 1.55. The fourth-order valence-corrected chi connectivity index (χ4v) is 2.80. The van der Waals surface area contributed by atoms with Crippen molar-refractivity contribution >= 4 is 27.3 Å². The summed E-state index contributed by atoms with van der Waals surface area (Å²) in [6, 6.07) is 3.87. The number of benzene rings is 1. The zero-order valence-electron chi connectivity index (χ0n) is 8.88. The first kappa shape index (κ1) is 12.7. The van der Waals surface area contributed by atoms with E-state index in [1.54, 1.807) is 5.38 Å². The van der Waals surface area contributed by atoms with E-state index in [1.165, 1.54) is 11.3 Å². The molecule has 0 aliphatic rings. The standard InChI is InChI=1S/C12H9BrF2OS/c1-6-2-3-17-12(6)11(16)7-4-10(15)8(13)5-9(7)14/h2-5,11,16H,1H3. The van der Waals surface area contributed by atoms with Crippen molar-refractivity contribution in [3.05, 3.63) is 55.7 Å². The van der Waals surface area contributed by atoms with Crippen LogP contribution < -0.4 is 0 Å². The van der Waals surface area contributed by atoms with E-state index in [-0.39, 0.29) is 10.0 Å². The van der Waals surface area contributed by atoms with Crippen molar-refractivity contribution in [1.29, 1.82) is 0 Å². The largest absolute Gasteiger partial charge is 0.383 e. The SMILES string of the molecule is Cc1ccsc1C(O)c1cc(F)c(Br)cc1F. The molecule has 0 aliphatic carbocycles. The van der Waals surface area contributed by atoms with E-state index in [9.17, 15) is 13.9 Å². The van der Waals surface area contributed by atoms with Gasteiger partial charge in [-0.1, -0.05) is 0 Å². The number of aliphatic hydroxyl groups excluding tert-OH is 1. The summed E-state index contributed by atoms with van der Waals surface area (Å²) < 4.78 is 27.0. The molecule has 0 amide bonds. The van der Waals surface area contributed by atoms with E-state index < -0.39 is 17.7 Å². The van der Waals surface area contributed by atoms with Crippen LogP contribution in [-0.4, -0.2) is 5.11 Å². The zero-order chi connectivity index (χ0) is 12.6. The second-order valence-corrected chi connectivity index (χ2v) is 5.46. The summed E-state index contributed by atoms with van der Waals surface area (Å²) in [5, 5.41) is 11.9. The van der Waals surface area contributed by atoms with Gasteiger partial charge in [-0.15, -0.1) is 11.3 Å². The third-order valence-electron chi connectivity index (χ3n) is 2.48. The van der Waals surface area contributed by atoms with E-state index in [1.807, 2.05) is 13.0 Å². The summed E-state index contributed by atoms with van der Waals surface area (Å²) in [5.41, 5.74) is 0.821. The van der Waals surface area contributed by atoms with Crippen LogP contribution in [0.2, 0.25) is 0 Å². The molecule has 0 bridgehead atoms. The van der Waals surface area contributed by atoms with E-state index in [0.717, 1.165) is 17.7 Å². The number of rotatable bonds is 2. The smallest absolute Gasteiger partial charge is 0.137 e. The highest BCUT2D eigenvalue weighted by molar-refractivity contribution is 9.10. The molecular weight excluding hydrogens is 310 g/mol. The average molecular weight is 319 g/mol. The Labute approximate surface area is 110 Å². The molecule has 2 aromatic rings. The van der Waals surface area contributed by atoms with Crippen LogP contribution in [-0.2, 0) is 0 Å². The number of aryl methyl sites for hydroxylation is 1. The quantitative estimate of drug-likeness (QED) is 0.824. The first-order valence-electron chi connectivity index (χ1n) is 4.87. The highest BCUT2D eigenvalue weighted by Gasteiger charge is 2.20. The molecule has 0 saturated carbocycles. The number of halogens is 3. The molecule has 1 aromatic heterocycles. The number of hydrogen-bond donors (Lipinski definition) is 1. The van der Waals surface area contributed by atoms with Gasteiger partial charge in [-0.25, -0.2) is 8.78 Å². The van der Waals surface area contributed by atoms with Crippen LogP contribution in [0.3, 0.4) is 0 Å². The maximum Gasteiger partial charge on any atom is 0.137 e. The molecule has 2 rings (SSSR count). The van der Waals surface area contributed by atoms with Crippen molar-refractivity contribution < 1.29 is 13.9 Å². The van der Waals surface area contributed by atoms with Gasteiger partial charge in [-0.05, 0) is 52.0 Å². The molecule has 0 aliphatic heterocycles. The molecule has 0 spiro atoms. The molecular formula is C12H9BrF2OS. The van der Waals surface area contributed by atoms with Gasteiger partial charge in [0.1, 0.15) is 17.7 Å². The zero-order valence-corrected chi connectivity index (χ0v) is 11.3. The average Bonchev–Trinajstić information content (AvgIpc) is 2.69. The summed E-state index contributed by atoms with van der Waals surface area (Å²) in [7, 11) is 0. The monoisotopic (exact) mass is 318 g/mol. The lowest BCUT2D eigenvalue weighted by Gasteiger charge is -2.12. The summed E-state index contributed by atoms with van der Waals surface area (Å²) in [5.74, 6) is -1.21. The lowest BCUT2D eigenvalue weighted by Crippen LogP contribution is -2.03. The first-order chi connectivity index (χ1) is 8.00. The van der Waals surface area contributed by atoms with Crippen molar-refractivity contribution in [3.63, 3.8) is 0 Å². The Hall–Kier alpha value is -0.780. The maximum absolute atomic E-state index is 13.7. The van der Waals surface area contributed by atoms with Crippen LogP contribution >= 0.6 is 27.3 Å². The maximum atomic E-state index is 13.7. The Morgan fingerprint density at radius 1 is 1.29 bits per heavy atom. The van der Waals surface area contributed by atoms with Gasteiger partial charge >= 0.3 is 0 Å². The molecule has 1 nitrogen and oxygen atoms in total.